The van der Waals surface area contributed by atoms with Crippen LogP contribution in [-0.4, -0.2) is 32.9 Å². The van der Waals surface area contributed by atoms with Gasteiger partial charge in [-0.3, -0.25) is 9.10 Å². The first-order valence-electron chi connectivity index (χ1n) is 7.96. The Morgan fingerprint density at radius 1 is 1.19 bits per heavy atom. The SMILES string of the molecule is CCC(C(=O)Nc1ccccc1SC)N(c1ccc(Cl)cc1)S(C)(=O)=O. The third kappa shape index (κ3) is 4.93. The Labute approximate surface area is 163 Å². The number of thioether (sulfide) groups is 1. The van der Waals surface area contributed by atoms with Crippen LogP contribution in [0.25, 0.3) is 0 Å². The Hall–Kier alpha value is -1.70. The molecular weight excluding hydrogens is 392 g/mol. The summed E-state index contributed by atoms with van der Waals surface area (Å²) in [6, 6.07) is 12.9. The monoisotopic (exact) mass is 412 g/mol. The molecule has 5 nitrogen and oxygen atoms in total. The summed E-state index contributed by atoms with van der Waals surface area (Å²) in [5.41, 5.74) is 1.06. The largest absolute Gasteiger partial charge is 0.323 e. The second-order valence-corrected chi connectivity index (χ2v) is 8.79. The summed E-state index contributed by atoms with van der Waals surface area (Å²) < 4.78 is 26.0. The molecule has 2 rings (SSSR count). The van der Waals surface area contributed by atoms with Crippen molar-refractivity contribution in [2.45, 2.75) is 24.3 Å². The first-order chi connectivity index (χ1) is 12.3. The number of anilines is 2. The van der Waals surface area contributed by atoms with Gasteiger partial charge in [0, 0.05) is 9.92 Å². The maximum absolute atomic E-state index is 12.9. The number of hydrogen-bond acceptors (Lipinski definition) is 4. The lowest BCUT2D eigenvalue weighted by Gasteiger charge is -2.30. The van der Waals surface area contributed by atoms with E-state index in [2.05, 4.69) is 5.32 Å². The van der Waals surface area contributed by atoms with Crippen LogP contribution >= 0.6 is 23.4 Å². The lowest BCUT2D eigenvalue weighted by atomic mass is 10.2. The molecule has 0 saturated heterocycles. The highest BCUT2D eigenvalue weighted by Crippen LogP contribution is 2.27. The van der Waals surface area contributed by atoms with Crippen molar-refractivity contribution in [2.75, 3.05) is 22.1 Å². The topological polar surface area (TPSA) is 66.5 Å². The molecule has 0 radical (unpaired) electrons. The van der Waals surface area contributed by atoms with E-state index in [0.29, 0.717) is 22.8 Å². The zero-order valence-electron chi connectivity index (χ0n) is 14.8. The first-order valence-corrected chi connectivity index (χ1v) is 11.4. The minimum absolute atomic E-state index is 0.322. The summed E-state index contributed by atoms with van der Waals surface area (Å²) in [5, 5.41) is 3.35. The first kappa shape index (κ1) is 20.6. The predicted molar refractivity (Wildman–Crippen MR) is 110 cm³/mol. The minimum atomic E-state index is -3.67. The molecule has 1 atom stereocenters. The Bertz CT molecular complexity index is 870. The molecule has 1 unspecified atom stereocenters. The van der Waals surface area contributed by atoms with Crippen LogP contribution in [0, 0.1) is 0 Å². The van der Waals surface area contributed by atoms with Crippen LogP contribution in [0.3, 0.4) is 0 Å². The van der Waals surface area contributed by atoms with Gasteiger partial charge in [-0.1, -0.05) is 30.7 Å². The molecule has 0 aliphatic carbocycles. The van der Waals surface area contributed by atoms with Gasteiger partial charge in [-0.15, -0.1) is 11.8 Å². The Balaban J connectivity index is 2.38. The van der Waals surface area contributed by atoms with E-state index in [4.69, 9.17) is 11.6 Å². The van der Waals surface area contributed by atoms with Gasteiger partial charge in [0.25, 0.3) is 0 Å². The summed E-state index contributed by atoms with van der Waals surface area (Å²) in [6.07, 6.45) is 3.33. The molecule has 2 aromatic rings. The highest BCUT2D eigenvalue weighted by molar-refractivity contribution is 7.98. The van der Waals surface area contributed by atoms with Crippen molar-refractivity contribution in [2.24, 2.45) is 0 Å². The number of nitrogens with one attached hydrogen (secondary N) is 1. The molecule has 0 fully saturated rings. The van der Waals surface area contributed by atoms with Gasteiger partial charge in [-0.05, 0) is 49.1 Å². The van der Waals surface area contributed by atoms with Crippen molar-refractivity contribution in [3.05, 3.63) is 53.6 Å². The number of para-hydroxylation sites is 1. The van der Waals surface area contributed by atoms with Gasteiger partial charge in [-0.25, -0.2) is 8.42 Å². The number of halogens is 1. The molecule has 26 heavy (non-hydrogen) atoms. The molecule has 1 amide bonds. The van der Waals surface area contributed by atoms with Crippen molar-refractivity contribution < 1.29 is 13.2 Å². The van der Waals surface area contributed by atoms with Crippen LogP contribution in [0.5, 0.6) is 0 Å². The minimum Gasteiger partial charge on any atom is -0.323 e. The molecule has 0 aliphatic heterocycles. The molecule has 0 saturated carbocycles. The molecular formula is C18H21ClN2O3S2. The fourth-order valence-electron chi connectivity index (χ4n) is 2.61. The number of benzene rings is 2. The van der Waals surface area contributed by atoms with Crippen LogP contribution < -0.4 is 9.62 Å². The maximum atomic E-state index is 12.9. The molecule has 0 aromatic heterocycles. The Kier molecular flexibility index (Phi) is 6.97. The highest BCUT2D eigenvalue weighted by Gasteiger charge is 2.31. The van der Waals surface area contributed by atoms with Crippen LogP contribution in [0.4, 0.5) is 11.4 Å². The van der Waals surface area contributed by atoms with Crippen molar-refractivity contribution in [3.63, 3.8) is 0 Å². The van der Waals surface area contributed by atoms with Gasteiger partial charge in [0.05, 0.1) is 17.6 Å². The predicted octanol–water partition coefficient (Wildman–Crippen LogP) is 4.25. The molecule has 140 valence electrons. The summed E-state index contributed by atoms with van der Waals surface area (Å²) >= 11 is 7.41. The number of carbonyl (C=O) groups excluding carboxylic acids is 1. The lowest BCUT2D eigenvalue weighted by molar-refractivity contribution is -0.117. The van der Waals surface area contributed by atoms with Crippen LogP contribution in [0.15, 0.2) is 53.4 Å². The number of hydrogen-bond donors (Lipinski definition) is 1. The van der Waals surface area contributed by atoms with Gasteiger partial charge >= 0.3 is 0 Å². The van der Waals surface area contributed by atoms with Crippen molar-refractivity contribution in [1.82, 2.24) is 0 Å². The van der Waals surface area contributed by atoms with Gasteiger partial charge in [0.1, 0.15) is 6.04 Å². The maximum Gasteiger partial charge on any atom is 0.248 e. The van der Waals surface area contributed by atoms with Crippen LogP contribution in [0.1, 0.15) is 13.3 Å². The second kappa shape index (κ2) is 8.79. The third-order valence-electron chi connectivity index (χ3n) is 3.78. The normalized spacial score (nSPS) is 12.5. The Morgan fingerprint density at radius 3 is 2.35 bits per heavy atom. The number of sulfonamides is 1. The van der Waals surface area contributed by atoms with Crippen molar-refractivity contribution in [3.8, 4) is 0 Å². The molecule has 8 heteroatoms. The smallest absolute Gasteiger partial charge is 0.248 e. The van der Waals surface area contributed by atoms with E-state index in [0.717, 1.165) is 15.5 Å². The fraction of sp³-hybridized carbons (Fsp3) is 0.278. The number of rotatable bonds is 7. The average Bonchev–Trinajstić information content (AvgIpc) is 2.60. The molecule has 0 spiro atoms. The summed E-state index contributed by atoms with van der Waals surface area (Å²) in [7, 11) is -3.67. The second-order valence-electron chi connectivity index (χ2n) is 5.65. The molecule has 0 bridgehead atoms. The van der Waals surface area contributed by atoms with E-state index in [1.807, 2.05) is 24.5 Å². The summed E-state index contributed by atoms with van der Waals surface area (Å²) in [4.78, 5) is 13.8. The van der Waals surface area contributed by atoms with E-state index in [1.165, 1.54) is 11.8 Å². The van der Waals surface area contributed by atoms with E-state index in [-0.39, 0.29) is 5.91 Å². The van der Waals surface area contributed by atoms with E-state index < -0.39 is 16.1 Å². The molecule has 0 aliphatic rings. The summed E-state index contributed by atoms with van der Waals surface area (Å²) in [5.74, 6) is -0.380. The third-order valence-corrected chi connectivity index (χ3v) is 6.00. The highest BCUT2D eigenvalue weighted by atomic mass is 35.5. The van der Waals surface area contributed by atoms with Gasteiger partial charge < -0.3 is 5.32 Å². The fourth-order valence-corrected chi connectivity index (χ4v) is 4.50. The van der Waals surface area contributed by atoms with Crippen molar-refractivity contribution >= 4 is 50.7 Å². The number of nitrogens with zero attached hydrogens (tertiary/aromatic N) is 1. The zero-order valence-corrected chi connectivity index (χ0v) is 17.2. The molecule has 1 N–H and O–H groups in total. The molecule has 2 aromatic carbocycles. The van der Waals surface area contributed by atoms with Crippen LogP contribution in [0.2, 0.25) is 5.02 Å². The average molecular weight is 413 g/mol. The quantitative estimate of drug-likeness (QED) is 0.690. The van der Waals surface area contributed by atoms with Crippen LogP contribution in [-0.2, 0) is 14.8 Å². The standard InChI is InChI=1S/C18H21ClN2O3S2/c1-4-16(18(22)20-15-7-5-6-8-17(15)25-2)21(26(3,23)24)14-11-9-13(19)10-12-14/h5-12,16H,4H2,1-3H3,(H,20,22). The zero-order chi connectivity index (χ0) is 19.3. The van der Waals surface area contributed by atoms with E-state index >= 15 is 0 Å². The van der Waals surface area contributed by atoms with Gasteiger partial charge in [0.2, 0.25) is 15.9 Å². The van der Waals surface area contributed by atoms with E-state index in [9.17, 15) is 13.2 Å². The van der Waals surface area contributed by atoms with Gasteiger partial charge in [0.15, 0.2) is 0 Å². The van der Waals surface area contributed by atoms with Gasteiger partial charge in [-0.2, -0.15) is 0 Å². The molecule has 0 heterocycles. The number of amides is 1. The van der Waals surface area contributed by atoms with Crippen molar-refractivity contribution in [1.29, 1.82) is 0 Å². The Morgan fingerprint density at radius 2 is 1.81 bits per heavy atom. The lowest BCUT2D eigenvalue weighted by Crippen LogP contribution is -2.47. The van der Waals surface area contributed by atoms with E-state index in [1.54, 1.807) is 37.3 Å². The summed E-state index contributed by atoms with van der Waals surface area (Å²) in [6.45, 7) is 1.78. The number of carbonyl (C=O) groups is 1.